The number of aromatic nitrogens is 3. The molecular weight excluding hydrogens is 344 g/mol. The summed E-state index contributed by atoms with van der Waals surface area (Å²) in [5.74, 6) is 0.872. The largest absolute Gasteiger partial charge is 0.340 e. The monoisotopic (exact) mass is 362 g/mol. The van der Waals surface area contributed by atoms with Gasteiger partial charge in [0.25, 0.3) is 0 Å². The van der Waals surface area contributed by atoms with Gasteiger partial charge in [0, 0.05) is 22.9 Å². The summed E-state index contributed by atoms with van der Waals surface area (Å²) in [6, 6.07) is 32.6. The summed E-state index contributed by atoms with van der Waals surface area (Å²) < 4.78 is 1.86. The first-order chi connectivity index (χ1) is 13.9. The number of nitrogens with one attached hydrogen (secondary N) is 1. The van der Waals surface area contributed by atoms with Crippen LogP contribution in [0.15, 0.2) is 103 Å². The summed E-state index contributed by atoms with van der Waals surface area (Å²) in [5.41, 5.74) is 5.91. The first-order valence-corrected chi connectivity index (χ1v) is 9.20. The van der Waals surface area contributed by atoms with Crippen LogP contribution in [0.1, 0.15) is 0 Å². The Morgan fingerprint density at radius 2 is 1.29 bits per heavy atom. The molecule has 1 N–H and O–H groups in total. The maximum absolute atomic E-state index is 4.94. The molecule has 4 nitrogen and oxygen atoms in total. The van der Waals surface area contributed by atoms with E-state index >= 15 is 0 Å². The fourth-order valence-corrected chi connectivity index (χ4v) is 3.30. The first kappa shape index (κ1) is 16.3. The van der Waals surface area contributed by atoms with Crippen molar-refractivity contribution < 1.29 is 0 Å². The normalized spacial score (nSPS) is 10.9. The quantitative estimate of drug-likeness (QED) is 0.439. The molecule has 134 valence electrons. The number of fused-ring (bicyclic) bond motifs is 1. The van der Waals surface area contributed by atoms with Gasteiger partial charge in [0.05, 0.1) is 11.9 Å². The van der Waals surface area contributed by atoms with Crippen LogP contribution >= 0.6 is 0 Å². The van der Waals surface area contributed by atoms with E-state index in [1.54, 1.807) is 0 Å². The predicted octanol–water partition coefficient (Wildman–Crippen LogP) is 5.81. The van der Waals surface area contributed by atoms with Crippen molar-refractivity contribution in [3.8, 4) is 22.4 Å². The van der Waals surface area contributed by atoms with Gasteiger partial charge in [-0.2, -0.15) is 9.61 Å². The van der Waals surface area contributed by atoms with Crippen molar-refractivity contribution >= 4 is 17.2 Å². The molecule has 0 radical (unpaired) electrons. The molecular formula is C24H18N4. The second-order valence-electron chi connectivity index (χ2n) is 6.54. The summed E-state index contributed by atoms with van der Waals surface area (Å²) in [4.78, 5) is 4.94. The third kappa shape index (κ3) is 3.01. The van der Waals surface area contributed by atoms with Crippen molar-refractivity contribution in [1.82, 2.24) is 14.6 Å². The van der Waals surface area contributed by atoms with Crippen LogP contribution < -0.4 is 5.32 Å². The highest BCUT2D eigenvalue weighted by atomic mass is 15.3. The molecule has 0 saturated heterocycles. The van der Waals surface area contributed by atoms with Crippen LogP contribution in [-0.2, 0) is 0 Å². The Balaban J connectivity index is 1.72. The van der Waals surface area contributed by atoms with Gasteiger partial charge in [0.2, 0.25) is 0 Å². The number of benzene rings is 3. The molecule has 0 bridgehead atoms. The molecule has 4 heteroatoms. The third-order valence-corrected chi connectivity index (χ3v) is 4.67. The Kier molecular flexibility index (Phi) is 4.07. The van der Waals surface area contributed by atoms with Gasteiger partial charge in [-0.05, 0) is 17.7 Å². The van der Waals surface area contributed by atoms with Crippen molar-refractivity contribution in [2.24, 2.45) is 0 Å². The summed E-state index contributed by atoms with van der Waals surface area (Å²) in [5, 5.41) is 8.10. The SMILES string of the molecule is c1ccc(Nc2cc(-c3ccccc3)nc3c(-c4ccccc4)cnn23)cc1. The molecule has 0 amide bonds. The zero-order valence-electron chi connectivity index (χ0n) is 15.2. The molecule has 0 fully saturated rings. The molecule has 5 aromatic rings. The van der Waals surface area contributed by atoms with E-state index < -0.39 is 0 Å². The van der Waals surface area contributed by atoms with E-state index in [9.17, 15) is 0 Å². The summed E-state index contributed by atoms with van der Waals surface area (Å²) >= 11 is 0. The first-order valence-electron chi connectivity index (χ1n) is 9.20. The summed E-state index contributed by atoms with van der Waals surface area (Å²) in [6.07, 6.45) is 1.88. The predicted molar refractivity (Wildman–Crippen MR) is 114 cm³/mol. The maximum atomic E-state index is 4.94. The lowest BCUT2D eigenvalue weighted by atomic mass is 10.1. The van der Waals surface area contributed by atoms with Crippen molar-refractivity contribution in [3.63, 3.8) is 0 Å². The van der Waals surface area contributed by atoms with Crippen LogP contribution in [0.3, 0.4) is 0 Å². The highest BCUT2D eigenvalue weighted by molar-refractivity contribution is 5.81. The molecule has 0 spiro atoms. The van der Waals surface area contributed by atoms with E-state index in [1.807, 2.05) is 83.5 Å². The molecule has 0 unspecified atom stereocenters. The minimum absolute atomic E-state index is 0.825. The fraction of sp³-hybridized carbons (Fsp3) is 0. The van der Waals surface area contributed by atoms with Crippen molar-refractivity contribution in [2.45, 2.75) is 0 Å². The van der Waals surface area contributed by atoms with Crippen LogP contribution in [0, 0.1) is 0 Å². The Morgan fingerprint density at radius 1 is 0.679 bits per heavy atom. The van der Waals surface area contributed by atoms with E-state index in [0.717, 1.165) is 39.5 Å². The van der Waals surface area contributed by atoms with Crippen LogP contribution in [0.25, 0.3) is 28.0 Å². The lowest BCUT2D eigenvalue weighted by Gasteiger charge is -2.11. The van der Waals surface area contributed by atoms with Gasteiger partial charge >= 0.3 is 0 Å². The lowest BCUT2D eigenvalue weighted by molar-refractivity contribution is 0.949. The van der Waals surface area contributed by atoms with Crippen LogP contribution in [0.5, 0.6) is 0 Å². The summed E-state index contributed by atoms with van der Waals surface area (Å²) in [6.45, 7) is 0. The fourth-order valence-electron chi connectivity index (χ4n) is 3.30. The van der Waals surface area contributed by atoms with Crippen LogP contribution in [0.4, 0.5) is 11.5 Å². The number of nitrogens with zero attached hydrogens (tertiary/aromatic N) is 3. The minimum Gasteiger partial charge on any atom is -0.340 e. The highest BCUT2D eigenvalue weighted by Crippen LogP contribution is 2.29. The van der Waals surface area contributed by atoms with E-state index in [0.29, 0.717) is 0 Å². The molecule has 0 atom stereocenters. The Labute approximate surface area is 163 Å². The van der Waals surface area contributed by atoms with E-state index in [1.165, 1.54) is 0 Å². The minimum atomic E-state index is 0.825. The zero-order valence-corrected chi connectivity index (χ0v) is 15.2. The Morgan fingerprint density at radius 3 is 1.96 bits per heavy atom. The van der Waals surface area contributed by atoms with Gasteiger partial charge in [-0.1, -0.05) is 78.9 Å². The Bertz CT molecular complexity index is 1210. The molecule has 0 aliphatic carbocycles. The average molecular weight is 362 g/mol. The molecule has 0 aliphatic rings. The lowest BCUT2D eigenvalue weighted by Crippen LogP contribution is -2.02. The van der Waals surface area contributed by atoms with Gasteiger partial charge in [-0.3, -0.25) is 0 Å². The summed E-state index contributed by atoms with van der Waals surface area (Å²) in [7, 11) is 0. The van der Waals surface area contributed by atoms with Crippen molar-refractivity contribution in [3.05, 3.63) is 103 Å². The molecule has 0 saturated carbocycles. The standard InChI is InChI=1S/C24H18N4/c1-4-10-18(11-5-1)21-17-25-28-23(26-20-14-8-3-9-15-20)16-22(27-24(21)28)19-12-6-2-7-13-19/h1-17,26H. The smallest absolute Gasteiger partial charge is 0.165 e. The van der Waals surface area contributed by atoms with Crippen LogP contribution in [-0.4, -0.2) is 14.6 Å². The number of para-hydroxylation sites is 1. The van der Waals surface area contributed by atoms with Gasteiger partial charge in [0.1, 0.15) is 5.82 Å². The van der Waals surface area contributed by atoms with Gasteiger partial charge in [-0.25, -0.2) is 4.98 Å². The Hall–Kier alpha value is -3.92. The van der Waals surface area contributed by atoms with Gasteiger partial charge in [0.15, 0.2) is 5.65 Å². The molecule has 5 rings (SSSR count). The molecule has 3 aromatic carbocycles. The van der Waals surface area contributed by atoms with E-state index in [2.05, 4.69) is 34.7 Å². The van der Waals surface area contributed by atoms with Gasteiger partial charge in [-0.15, -0.1) is 0 Å². The molecule has 0 aliphatic heterocycles. The topological polar surface area (TPSA) is 42.2 Å². The number of anilines is 2. The molecule has 2 aromatic heterocycles. The molecule has 2 heterocycles. The zero-order chi connectivity index (χ0) is 18.8. The van der Waals surface area contributed by atoms with Crippen molar-refractivity contribution in [1.29, 1.82) is 0 Å². The number of hydrogen-bond acceptors (Lipinski definition) is 3. The second kappa shape index (κ2) is 7.00. The third-order valence-electron chi connectivity index (χ3n) is 4.67. The second-order valence-corrected chi connectivity index (χ2v) is 6.54. The van der Waals surface area contributed by atoms with Crippen LogP contribution in [0.2, 0.25) is 0 Å². The number of rotatable bonds is 4. The molecule has 28 heavy (non-hydrogen) atoms. The maximum Gasteiger partial charge on any atom is 0.165 e. The van der Waals surface area contributed by atoms with E-state index in [-0.39, 0.29) is 0 Å². The number of hydrogen-bond donors (Lipinski definition) is 1. The highest BCUT2D eigenvalue weighted by Gasteiger charge is 2.14. The van der Waals surface area contributed by atoms with E-state index in [4.69, 9.17) is 4.98 Å². The van der Waals surface area contributed by atoms with Crippen molar-refractivity contribution in [2.75, 3.05) is 5.32 Å². The van der Waals surface area contributed by atoms with Gasteiger partial charge < -0.3 is 5.32 Å². The average Bonchev–Trinajstić information content (AvgIpc) is 3.20.